The van der Waals surface area contributed by atoms with Crippen LogP contribution in [0.2, 0.25) is 5.15 Å². The number of nitro benzene ring substituents is 1. The summed E-state index contributed by atoms with van der Waals surface area (Å²) in [5.41, 5.74) is 1.29. The van der Waals surface area contributed by atoms with Gasteiger partial charge in [0.2, 0.25) is 0 Å². The van der Waals surface area contributed by atoms with Crippen LogP contribution in [0.5, 0.6) is 0 Å². The first-order chi connectivity index (χ1) is 9.51. The molecule has 0 atom stereocenters. The van der Waals surface area contributed by atoms with Gasteiger partial charge in [-0.3, -0.25) is 10.1 Å². The van der Waals surface area contributed by atoms with Gasteiger partial charge in [-0.1, -0.05) is 11.6 Å². The molecule has 0 unspecified atom stereocenters. The third kappa shape index (κ3) is 2.92. The second-order valence-electron chi connectivity index (χ2n) is 3.86. The molecule has 0 amide bonds. The number of carbonyl (C=O) groups is 1. The number of benzene rings is 1. The maximum absolute atomic E-state index is 11.5. The number of hydrogen-bond donors (Lipinski definition) is 0. The average Bonchev–Trinajstić information content (AvgIpc) is 2.45. The lowest BCUT2D eigenvalue weighted by molar-refractivity contribution is -0.384. The number of rotatable bonds is 3. The largest absolute Gasteiger partial charge is 0.465 e. The summed E-state index contributed by atoms with van der Waals surface area (Å²) in [6, 6.07) is 8.70. The molecule has 0 spiro atoms. The Labute approximate surface area is 119 Å². The van der Waals surface area contributed by atoms with E-state index in [2.05, 4.69) is 9.72 Å². The number of non-ortho nitro benzene ring substituents is 1. The lowest BCUT2D eigenvalue weighted by Gasteiger charge is -2.05. The molecule has 1 heterocycles. The van der Waals surface area contributed by atoms with Crippen LogP contribution in [0.3, 0.4) is 0 Å². The standard InChI is InChI=1S/C13H9ClN2O4/c1-20-13(17)9-6-11(15-12(14)7-9)8-2-4-10(5-3-8)16(18)19/h2-7H,1H3. The molecular weight excluding hydrogens is 284 g/mol. The minimum Gasteiger partial charge on any atom is -0.465 e. The number of hydrogen-bond acceptors (Lipinski definition) is 5. The number of pyridine rings is 1. The maximum Gasteiger partial charge on any atom is 0.338 e. The summed E-state index contributed by atoms with van der Waals surface area (Å²) in [5.74, 6) is -0.530. The first-order valence-corrected chi connectivity index (χ1v) is 5.90. The van der Waals surface area contributed by atoms with Crippen molar-refractivity contribution in [2.45, 2.75) is 0 Å². The van der Waals surface area contributed by atoms with Crippen LogP contribution >= 0.6 is 11.6 Å². The van der Waals surface area contributed by atoms with E-state index in [1.807, 2.05) is 0 Å². The summed E-state index contributed by atoms with van der Waals surface area (Å²) in [6.45, 7) is 0. The Balaban J connectivity index is 2.44. The Morgan fingerprint density at radius 1 is 1.30 bits per heavy atom. The highest BCUT2D eigenvalue weighted by atomic mass is 35.5. The van der Waals surface area contributed by atoms with Crippen molar-refractivity contribution in [3.8, 4) is 11.3 Å². The first kappa shape index (κ1) is 14.0. The Morgan fingerprint density at radius 3 is 2.50 bits per heavy atom. The Bertz CT molecular complexity index is 671. The van der Waals surface area contributed by atoms with Gasteiger partial charge >= 0.3 is 5.97 Å². The van der Waals surface area contributed by atoms with Crippen LogP contribution in [-0.2, 0) is 4.74 Å². The molecule has 0 aliphatic carbocycles. The third-order valence-electron chi connectivity index (χ3n) is 2.59. The Morgan fingerprint density at radius 2 is 1.95 bits per heavy atom. The summed E-state index contributed by atoms with van der Waals surface area (Å²) >= 11 is 5.86. The molecule has 0 N–H and O–H groups in total. The summed E-state index contributed by atoms with van der Waals surface area (Å²) in [5, 5.41) is 10.7. The molecule has 7 heteroatoms. The van der Waals surface area contributed by atoms with E-state index in [1.165, 1.54) is 43.5 Å². The fourth-order valence-electron chi connectivity index (χ4n) is 1.63. The van der Waals surface area contributed by atoms with E-state index in [0.29, 0.717) is 11.3 Å². The molecule has 0 fully saturated rings. The Kier molecular flexibility index (Phi) is 3.95. The van der Waals surface area contributed by atoms with Gasteiger partial charge in [-0.2, -0.15) is 0 Å². The molecule has 0 aliphatic heterocycles. The molecular formula is C13H9ClN2O4. The number of aromatic nitrogens is 1. The van der Waals surface area contributed by atoms with Crippen molar-refractivity contribution in [1.29, 1.82) is 0 Å². The summed E-state index contributed by atoms with van der Waals surface area (Å²) in [4.78, 5) is 25.7. The minimum atomic E-state index is -0.530. The van der Waals surface area contributed by atoms with Crippen LogP contribution in [0.4, 0.5) is 5.69 Å². The number of halogens is 1. The lowest BCUT2D eigenvalue weighted by atomic mass is 10.1. The van der Waals surface area contributed by atoms with E-state index in [0.717, 1.165) is 0 Å². The SMILES string of the molecule is COC(=O)c1cc(Cl)nc(-c2ccc([N+](=O)[O-])cc2)c1. The normalized spacial score (nSPS) is 10.1. The van der Waals surface area contributed by atoms with Gasteiger partial charge in [-0.15, -0.1) is 0 Å². The van der Waals surface area contributed by atoms with Crippen molar-refractivity contribution in [3.05, 3.63) is 57.2 Å². The molecule has 0 saturated heterocycles. The van der Waals surface area contributed by atoms with E-state index in [1.54, 1.807) is 0 Å². The highest BCUT2D eigenvalue weighted by Gasteiger charge is 2.11. The van der Waals surface area contributed by atoms with Crippen LogP contribution in [0.1, 0.15) is 10.4 Å². The topological polar surface area (TPSA) is 82.3 Å². The molecule has 1 aromatic carbocycles. The molecule has 2 aromatic rings. The van der Waals surface area contributed by atoms with Crippen molar-refractivity contribution < 1.29 is 14.5 Å². The number of methoxy groups -OCH3 is 1. The molecule has 20 heavy (non-hydrogen) atoms. The van der Waals surface area contributed by atoms with Crippen molar-refractivity contribution >= 4 is 23.3 Å². The summed E-state index contributed by atoms with van der Waals surface area (Å²) < 4.78 is 4.62. The van der Waals surface area contributed by atoms with Crippen LogP contribution in [0.25, 0.3) is 11.3 Å². The van der Waals surface area contributed by atoms with Gasteiger partial charge in [0, 0.05) is 17.7 Å². The highest BCUT2D eigenvalue weighted by Crippen LogP contribution is 2.24. The zero-order valence-corrected chi connectivity index (χ0v) is 11.1. The van der Waals surface area contributed by atoms with Crippen LogP contribution in [0, 0.1) is 10.1 Å². The molecule has 6 nitrogen and oxygen atoms in total. The number of nitro groups is 1. The minimum absolute atomic E-state index is 0.0241. The van der Waals surface area contributed by atoms with E-state index in [4.69, 9.17) is 11.6 Å². The quantitative estimate of drug-likeness (QED) is 0.376. The second kappa shape index (κ2) is 5.66. The Hall–Kier alpha value is -2.47. The molecule has 0 bridgehead atoms. The monoisotopic (exact) mass is 292 g/mol. The maximum atomic E-state index is 11.5. The zero-order valence-electron chi connectivity index (χ0n) is 10.4. The smallest absolute Gasteiger partial charge is 0.338 e. The van der Waals surface area contributed by atoms with Crippen molar-refractivity contribution in [2.24, 2.45) is 0 Å². The predicted molar refractivity (Wildman–Crippen MR) is 72.7 cm³/mol. The van der Waals surface area contributed by atoms with Crippen LogP contribution in [0.15, 0.2) is 36.4 Å². The van der Waals surface area contributed by atoms with Gasteiger partial charge < -0.3 is 4.74 Å². The lowest BCUT2D eigenvalue weighted by Crippen LogP contribution is -2.02. The molecule has 0 saturated carbocycles. The average molecular weight is 293 g/mol. The fourth-order valence-corrected chi connectivity index (χ4v) is 1.84. The number of carbonyl (C=O) groups excluding carboxylic acids is 1. The molecule has 0 radical (unpaired) electrons. The van der Waals surface area contributed by atoms with Gasteiger partial charge in [0.1, 0.15) is 5.15 Å². The summed E-state index contributed by atoms with van der Waals surface area (Å²) in [7, 11) is 1.27. The van der Waals surface area contributed by atoms with Gasteiger partial charge in [0.05, 0.1) is 23.3 Å². The van der Waals surface area contributed by atoms with Crippen LogP contribution in [-0.4, -0.2) is 23.0 Å². The number of nitrogens with zero attached hydrogens (tertiary/aromatic N) is 2. The highest BCUT2D eigenvalue weighted by molar-refractivity contribution is 6.29. The van der Waals surface area contributed by atoms with Crippen LogP contribution < -0.4 is 0 Å². The van der Waals surface area contributed by atoms with Gasteiger partial charge in [-0.05, 0) is 24.3 Å². The first-order valence-electron chi connectivity index (χ1n) is 5.52. The van der Waals surface area contributed by atoms with Crippen molar-refractivity contribution in [1.82, 2.24) is 4.98 Å². The van der Waals surface area contributed by atoms with Crippen molar-refractivity contribution in [2.75, 3.05) is 7.11 Å². The third-order valence-corrected chi connectivity index (χ3v) is 2.78. The predicted octanol–water partition coefficient (Wildman–Crippen LogP) is 3.10. The van der Waals surface area contributed by atoms with Gasteiger partial charge in [0.15, 0.2) is 0 Å². The van der Waals surface area contributed by atoms with Gasteiger partial charge in [-0.25, -0.2) is 9.78 Å². The second-order valence-corrected chi connectivity index (χ2v) is 4.25. The molecule has 0 aliphatic rings. The van der Waals surface area contributed by atoms with E-state index >= 15 is 0 Å². The van der Waals surface area contributed by atoms with Crippen molar-refractivity contribution in [3.63, 3.8) is 0 Å². The van der Waals surface area contributed by atoms with E-state index < -0.39 is 10.9 Å². The number of esters is 1. The molecule has 102 valence electrons. The van der Waals surface area contributed by atoms with Gasteiger partial charge in [0.25, 0.3) is 5.69 Å². The zero-order chi connectivity index (χ0) is 14.7. The fraction of sp³-hybridized carbons (Fsp3) is 0.0769. The van der Waals surface area contributed by atoms with E-state index in [-0.39, 0.29) is 16.4 Å². The van der Waals surface area contributed by atoms with E-state index in [9.17, 15) is 14.9 Å². The molecule has 1 aromatic heterocycles. The summed E-state index contributed by atoms with van der Waals surface area (Å²) in [6.07, 6.45) is 0. The number of ether oxygens (including phenoxy) is 1. The molecule has 2 rings (SSSR count).